The van der Waals surface area contributed by atoms with E-state index in [1.165, 1.54) is 7.11 Å². The highest BCUT2D eigenvalue weighted by Gasteiger charge is 2.16. The molecule has 0 N–H and O–H groups in total. The Balaban J connectivity index is 2.64. The van der Waals surface area contributed by atoms with Crippen molar-refractivity contribution in [3.63, 3.8) is 0 Å². The molecule has 0 aliphatic rings. The molecule has 0 heterocycles. The van der Waals surface area contributed by atoms with Crippen LogP contribution in [-0.2, 0) is 9.53 Å². The van der Waals surface area contributed by atoms with Crippen molar-refractivity contribution in [3.8, 4) is 5.75 Å². The van der Waals surface area contributed by atoms with Crippen LogP contribution >= 0.6 is 0 Å². The Bertz CT molecular complexity index is 352. The highest BCUT2D eigenvalue weighted by Crippen LogP contribution is 2.24. The number of rotatable bonds is 5. The minimum atomic E-state index is -1.35. The molecule has 1 rings (SSSR count). The molecule has 0 spiro atoms. The molecule has 1 aromatic carbocycles. The number of ether oxygens (including phenoxy) is 2. The highest BCUT2D eigenvalue weighted by molar-refractivity contribution is 5.70. The molecular weight excluding hydrogens is 211 g/mol. The first kappa shape index (κ1) is 12.5. The molecule has 0 saturated carbocycles. The second-order valence-corrected chi connectivity index (χ2v) is 3.25. The van der Waals surface area contributed by atoms with E-state index in [0.717, 1.165) is 0 Å². The van der Waals surface area contributed by atoms with Crippen LogP contribution in [0.15, 0.2) is 24.3 Å². The van der Waals surface area contributed by atoms with E-state index in [9.17, 15) is 9.18 Å². The number of hydrogen-bond donors (Lipinski definition) is 0. The zero-order chi connectivity index (χ0) is 12.0. The first-order chi connectivity index (χ1) is 7.67. The Labute approximate surface area is 94.2 Å². The summed E-state index contributed by atoms with van der Waals surface area (Å²) in [7, 11) is 1.51. The van der Waals surface area contributed by atoms with E-state index in [1.807, 2.05) is 0 Å². The predicted molar refractivity (Wildman–Crippen MR) is 58.1 cm³/mol. The van der Waals surface area contributed by atoms with Crippen LogP contribution < -0.4 is 4.74 Å². The molecule has 88 valence electrons. The normalized spacial score (nSPS) is 11.9. The first-order valence-corrected chi connectivity index (χ1v) is 5.11. The predicted octanol–water partition coefficient (Wildman–Crippen LogP) is 2.66. The van der Waals surface area contributed by atoms with Crippen LogP contribution in [0.3, 0.4) is 0 Å². The van der Waals surface area contributed by atoms with Gasteiger partial charge in [-0.25, -0.2) is 4.39 Å². The number of halogens is 1. The van der Waals surface area contributed by atoms with Gasteiger partial charge in [-0.05, 0) is 24.6 Å². The number of alkyl halides is 1. The van der Waals surface area contributed by atoms with Crippen molar-refractivity contribution in [2.24, 2.45) is 0 Å². The fourth-order valence-corrected chi connectivity index (χ4v) is 1.32. The highest BCUT2D eigenvalue weighted by atomic mass is 19.1. The van der Waals surface area contributed by atoms with E-state index in [0.29, 0.717) is 11.3 Å². The van der Waals surface area contributed by atoms with Crippen molar-refractivity contribution in [3.05, 3.63) is 29.8 Å². The zero-order valence-corrected chi connectivity index (χ0v) is 9.40. The van der Waals surface area contributed by atoms with Gasteiger partial charge in [-0.15, -0.1) is 0 Å². The summed E-state index contributed by atoms with van der Waals surface area (Å²) >= 11 is 0. The van der Waals surface area contributed by atoms with Gasteiger partial charge < -0.3 is 9.47 Å². The molecule has 3 nitrogen and oxygen atoms in total. The summed E-state index contributed by atoms with van der Waals surface area (Å²) < 4.78 is 23.3. The van der Waals surface area contributed by atoms with E-state index >= 15 is 0 Å². The standard InChI is InChI=1S/C12H15FO3/c1-3-16-12(14)8-11(13)9-5-4-6-10(7-9)15-2/h4-7,11H,3,8H2,1-2H3/t11-/m0/s1. The van der Waals surface area contributed by atoms with Crippen molar-refractivity contribution in [2.45, 2.75) is 19.5 Å². The first-order valence-electron chi connectivity index (χ1n) is 5.11. The Hall–Kier alpha value is -1.58. The van der Waals surface area contributed by atoms with Gasteiger partial charge in [0, 0.05) is 0 Å². The van der Waals surface area contributed by atoms with E-state index < -0.39 is 12.1 Å². The Morgan fingerprint density at radius 2 is 2.25 bits per heavy atom. The number of esters is 1. The minimum Gasteiger partial charge on any atom is -0.497 e. The van der Waals surface area contributed by atoms with Crippen LogP contribution in [0.1, 0.15) is 25.1 Å². The third-order valence-electron chi connectivity index (χ3n) is 2.11. The maximum Gasteiger partial charge on any atom is 0.309 e. The van der Waals surface area contributed by atoms with Crippen LogP contribution in [0.4, 0.5) is 4.39 Å². The molecule has 0 unspecified atom stereocenters. The zero-order valence-electron chi connectivity index (χ0n) is 9.40. The van der Waals surface area contributed by atoms with Gasteiger partial charge >= 0.3 is 5.97 Å². The van der Waals surface area contributed by atoms with Crippen molar-refractivity contribution < 1.29 is 18.7 Å². The van der Waals surface area contributed by atoms with E-state index in [1.54, 1.807) is 31.2 Å². The average Bonchev–Trinajstić information content (AvgIpc) is 2.29. The van der Waals surface area contributed by atoms with Crippen LogP contribution in [0.5, 0.6) is 5.75 Å². The van der Waals surface area contributed by atoms with E-state index in [2.05, 4.69) is 4.74 Å². The monoisotopic (exact) mass is 226 g/mol. The average molecular weight is 226 g/mol. The molecule has 0 fully saturated rings. The van der Waals surface area contributed by atoms with Crippen molar-refractivity contribution >= 4 is 5.97 Å². The molecule has 1 atom stereocenters. The van der Waals surface area contributed by atoms with Gasteiger partial charge in [0.05, 0.1) is 20.1 Å². The number of carbonyl (C=O) groups excluding carboxylic acids is 1. The van der Waals surface area contributed by atoms with Gasteiger partial charge in [-0.1, -0.05) is 12.1 Å². The second kappa shape index (κ2) is 6.10. The fraction of sp³-hybridized carbons (Fsp3) is 0.417. The summed E-state index contributed by atoms with van der Waals surface area (Å²) in [6.07, 6.45) is -1.62. The van der Waals surface area contributed by atoms with Crippen LogP contribution in [0.25, 0.3) is 0 Å². The number of carbonyl (C=O) groups is 1. The summed E-state index contributed by atoms with van der Waals surface area (Å²) in [5, 5.41) is 0. The van der Waals surface area contributed by atoms with Crippen LogP contribution in [-0.4, -0.2) is 19.7 Å². The molecule has 0 saturated heterocycles. The Kier molecular flexibility index (Phi) is 4.76. The fourth-order valence-electron chi connectivity index (χ4n) is 1.32. The lowest BCUT2D eigenvalue weighted by Crippen LogP contribution is -2.07. The lowest BCUT2D eigenvalue weighted by molar-refractivity contribution is -0.144. The quantitative estimate of drug-likeness (QED) is 0.724. The van der Waals surface area contributed by atoms with E-state index in [4.69, 9.17) is 4.74 Å². The maximum absolute atomic E-state index is 13.7. The van der Waals surface area contributed by atoms with E-state index in [-0.39, 0.29) is 13.0 Å². The van der Waals surface area contributed by atoms with Gasteiger partial charge in [0.2, 0.25) is 0 Å². The number of hydrogen-bond acceptors (Lipinski definition) is 3. The number of benzene rings is 1. The molecule has 0 aromatic heterocycles. The van der Waals surface area contributed by atoms with Gasteiger partial charge in [0.15, 0.2) is 0 Å². The number of methoxy groups -OCH3 is 1. The molecule has 0 aliphatic heterocycles. The Morgan fingerprint density at radius 3 is 2.88 bits per heavy atom. The van der Waals surface area contributed by atoms with Crippen molar-refractivity contribution in [1.82, 2.24) is 0 Å². The van der Waals surface area contributed by atoms with Gasteiger partial charge in [0.25, 0.3) is 0 Å². The van der Waals surface area contributed by atoms with Crippen LogP contribution in [0, 0.1) is 0 Å². The van der Waals surface area contributed by atoms with Gasteiger partial charge in [-0.2, -0.15) is 0 Å². The summed E-state index contributed by atoms with van der Waals surface area (Å²) in [5.74, 6) is 0.0434. The molecule has 16 heavy (non-hydrogen) atoms. The lowest BCUT2D eigenvalue weighted by atomic mass is 10.1. The third kappa shape index (κ3) is 3.53. The SMILES string of the molecule is CCOC(=O)C[C@H](F)c1cccc(OC)c1. The molecule has 1 aromatic rings. The van der Waals surface area contributed by atoms with Crippen molar-refractivity contribution in [2.75, 3.05) is 13.7 Å². The summed E-state index contributed by atoms with van der Waals surface area (Å²) in [6.45, 7) is 1.96. The second-order valence-electron chi connectivity index (χ2n) is 3.25. The largest absolute Gasteiger partial charge is 0.497 e. The van der Waals surface area contributed by atoms with Crippen LogP contribution in [0.2, 0.25) is 0 Å². The molecule has 0 bridgehead atoms. The topological polar surface area (TPSA) is 35.5 Å². The van der Waals surface area contributed by atoms with Gasteiger partial charge in [0.1, 0.15) is 11.9 Å². The molecule has 4 heteroatoms. The van der Waals surface area contributed by atoms with Gasteiger partial charge in [-0.3, -0.25) is 4.79 Å². The summed E-state index contributed by atoms with van der Waals surface area (Å²) in [4.78, 5) is 11.1. The minimum absolute atomic E-state index is 0.263. The molecule has 0 radical (unpaired) electrons. The smallest absolute Gasteiger partial charge is 0.309 e. The Morgan fingerprint density at radius 1 is 1.50 bits per heavy atom. The third-order valence-corrected chi connectivity index (χ3v) is 2.11. The molecule has 0 amide bonds. The lowest BCUT2D eigenvalue weighted by Gasteiger charge is -2.09. The summed E-state index contributed by atoms with van der Waals surface area (Å²) in [5.41, 5.74) is 0.424. The van der Waals surface area contributed by atoms with Crippen molar-refractivity contribution in [1.29, 1.82) is 0 Å². The molecular formula is C12H15FO3. The summed E-state index contributed by atoms with van der Waals surface area (Å²) in [6, 6.07) is 6.60. The molecule has 0 aliphatic carbocycles. The maximum atomic E-state index is 13.7.